The van der Waals surface area contributed by atoms with Crippen LogP contribution in [0.25, 0.3) is 6.08 Å². The molecule has 27 heavy (non-hydrogen) atoms. The number of hydrogen-bond donors (Lipinski definition) is 0. The number of hydrogen-bond acceptors (Lipinski definition) is 7. The summed E-state index contributed by atoms with van der Waals surface area (Å²) in [7, 11) is 2.88. The van der Waals surface area contributed by atoms with Gasteiger partial charge in [-0.15, -0.1) is 0 Å². The quantitative estimate of drug-likeness (QED) is 0.443. The molecule has 0 aliphatic heterocycles. The van der Waals surface area contributed by atoms with Crippen molar-refractivity contribution in [2.75, 3.05) is 14.2 Å². The van der Waals surface area contributed by atoms with Gasteiger partial charge in [0.1, 0.15) is 24.3 Å². The molecule has 0 bridgehead atoms. The first-order chi connectivity index (χ1) is 13.2. The number of furan rings is 1. The molecule has 0 unspecified atom stereocenters. The van der Waals surface area contributed by atoms with Crippen molar-refractivity contribution < 1.29 is 27.8 Å². The molecular weight excluding hydrogens is 350 g/mol. The standard InChI is InChI=1S/C20H19NO6/c1-23-18-10-14(6-8-20(22)24-2)5-7-17(18)26-12-15-13-27-19(21-15)11-16-4-3-9-25-16/h3-10,13H,11-12H2,1-2H3. The molecule has 3 aromatic rings. The monoisotopic (exact) mass is 369 g/mol. The molecule has 0 fully saturated rings. The van der Waals surface area contributed by atoms with E-state index in [1.807, 2.05) is 18.2 Å². The van der Waals surface area contributed by atoms with Crippen LogP contribution in [0.1, 0.15) is 22.9 Å². The van der Waals surface area contributed by atoms with Gasteiger partial charge in [0.2, 0.25) is 5.89 Å². The van der Waals surface area contributed by atoms with Crippen LogP contribution in [0, 0.1) is 0 Å². The molecule has 7 heteroatoms. The topological polar surface area (TPSA) is 83.9 Å². The van der Waals surface area contributed by atoms with Crippen molar-refractivity contribution in [3.05, 3.63) is 71.8 Å². The first kappa shape index (κ1) is 18.3. The molecule has 0 spiro atoms. The highest BCUT2D eigenvalue weighted by Gasteiger charge is 2.10. The largest absolute Gasteiger partial charge is 0.493 e. The number of rotatable bonds is 8. The van der Waals surface area contributed by atoms with Crippen molar-refractivity contribution >= 4 is 12.0 Å². The van der Waals surface area contributed by atoms with Crippen LogP contribution in [0.3, 0.4) is 0 Å². The third-order valence-electron chi connectivity index (χ3n) is 3.68. The molecule has 0 N–H and O–H groups in total. The lowest BCUT2D eigenvalue weighted by molar-refractivity contribution is -0.134. The molecule has 0 amide bonds. The highest BCUT2D eigenvalue weighted by molar-refractivity contribution is 5.87. The van der Waals surface area contributed by atoms with E-state index in [1.165, 1.54) is 13.2 Å². The van der Waals surface area contributed by atoms with Crippen LogP contribution >= 0.6 is 0 Å². The summed E-state index contributed by atoms with van der Waals surface area (Å²) in [4.78, 5) is 15.6. The molecule has 3 rings (SSSR count). The molecule has 7 nitrogen and oxygen atoms in total. The minimum Gasteiger partial charge on any atom is -0.493 e. The Kier molecular flexibility index (Phi) is 5.94. The zero-order valence-corrected chi connectivity index (χ0v) is 15.0. The average Bonchev–Trinajstić information content (AvgIpc) is 3.37. The number of benzene rings is 1. The number of esters is 1. The van der Waals surface area contributed by atoms with Crippen molar-refractivity contribution in [3.63, 3.8) is 0 Å². The van der Waals surface area contributed by atoms with Crippen molar-refractivity contribution in [2.24, 2.45) is 0 Å². The normalized spacial score (nSPS) is 10.9. The summed E-state index contributed by atoms with van der Waals surface area (Å²) in [5.41, 5.74) is 1.44. The highest BCUT2D eigenvalue weighted by atomic mass is 16.5. The first-order valence-electron chi connectivity index (χ1n) is 8.20. The lowest BCUT2D eigenvalue weighted by atomic mass is 10.2. The SMILES string of the molecule is COC(=O)C=Cc1ccc(OCc2coc(Cc3ccco3)n2)c(OC)c1. The maximum atomic E-state index is 11.2. The van der Waals surface area contributed by atoms with E-state index in [-0.39, 0.29) is 6.61 Å². The molecule has 0 aliphatic rings. The Labute approximate surface area is 156 Å². The van der Waals surface area contributed by atoms with E-state index >= 15 is 0 Å². The van der Waals surface area contributed by atoms with Gasteiger partial charge in [0.25, 0.3) is 0 Å². The molecule has 0 saturated carbocycles. The van der Waals surface area contributed by atoms with E-state index < -0.39 is 5.97 Å². The second-order valence-corrected chi connectivity index (χ2v) is 5.54. The van der Waals surface area contributed by atoms with E-state index in [0.29, 0.717) is 29.5 Å². The zero-order valence-electron chi connectivity index (χ0n) is 15.0. The number of carbonyl (C=O) groups is 1. The predicted octanol–water partition coefficient (Wildman–Crippen LogP) is 3.63. The number of ether oxygens (including phenoxy) is 3. The highest BCUT2D eigenvalue weighted by Crippen LogP contribution is 2.29. The van der Waals surface area contributed by atoms with Crippen molar-refractivity contribution in [2.45, 2.75) is 13.0 Å². The smallest absolute Gasteiger partial charge is 0.330 e. The van der Waals surface area contributed by atoms with E-state index in [2.05, 4.69) is 9.72 Å². The molecule has 1 aromatic carbocycles. The molecule has 0 radical (unpaired) electrons. The summed E-state index contributed by atoms with van der Waals surface area (Å²) >= 11 is 0. The molecule has 0 aliphatic carbocycles. The minimum atomic E-state index is -0.425. The Morgan fingerprint density at radius 1 is 1.19 bits per heavy atom. The Balaban J connectivity index is 1.62. The van der Waals surface area contributed by atoms with Crippen molar-refractivity contribution in [1.82, 2.24) is 4.98 Å². The number of aromatic nitrogens is 1. The van der Waals surface area contributed by atoms with E-state index in [4.69, 9.17) is 18.3 Å². The van der Waals surface area contributed by atoms with Crippen LogP contribution in [0.15, 0.2) is 57.8 Å². The molecule has 140 valence electrons. The van der Waals surface area contributed by atoms with Gasteiger partial charge in [0, 0.05) is 6.08 Å². The Morgan fingerprint density at radius 3 is 2.81 bits per heavy atom. The van der Waals surface area contributed by atoms with Crippen LogP contribution in [0.2, 0.25) is 0 Å². The van der Waals surface area contributed by atoms with Gasteiger partial charge < -0.3 is 23.0 Å². The van der Waals surface area contributed by atoms with Crippen LogP contribution in [-0.2, 0) is 22.6 Å². The molecule has 0 atom stereocenters. The fraction of sp³-hybridized carbons (Fsp3) is 0.200. The Bertz CT molecular complexity index is 910. The van der Waals surface area contributed by atoms with Crippen molar-refractivity contribution in [3.8, 4) is 11.5 Å². The fourth-order valence-electron chi connectivity index (χ4n) is 2.35. The zero-order chi connectivity index (χ0) is 19.1. The van der Waals surface area contributed by atoms with Crippen molar-refractivity contribution in [1.29, 1.82) is 0 Å². The predicted molar refractivity (Wildman–Crippen MR) is 96.4 cm³/mol. The Morgan fingerprint density at radius 2 is 2.07 bits per heavy atom. The number of oxazole rings is 1. The second kappa shape index (κ2) is 8.75. The van der Waals surface area contributed by atoms with Crippen LogP contribution in [0.4, 0.5) is 0 Å². The van der Waals surface area contributed by atoms with E-state index in [9.17, 15) is 4.79 Å². The lowest BCUT2D eigenvalue weighted by Gasteiger charge is -2.10. The molecular formula is C20H19NO6. The molecule has 2 heterocycles. The molecule has 0 saturated heterocycles. The van der Waals surface area contributed by atoms with Crippen LogP contribution in [-0.4, -0.2) is 25.2 Å². The lowest BCUT2D eigenvalue weighted by Crippen LogP contribution is -1.99. The minimum absolute atomic E-state index is 0.232. The van der Waals surface area contributed by atoms with Gasteiger partial charge in [0.15, 0.2) is 11.5 Å². The van der Waals surface area contributed by atoms with E-state index in [0.717, 1.165) is 11.3 Å². The Hall–Kier alpha value is -3.48. The van der Waals surface area contributed by atoms with Gasteiger partial charge >= 0.3 is 5.97 Å². The third kappa shape index (κ3) is 5.01. The summed E-state index contributed by atoms with van der Waals surface area (Å²) in [5.74, 6) is 2.01. The van der Waals surface area contributed by atoms with Crippen LogP contribution < -0.4 is 9.47 Å². The van der Waals surface area contributed by atoms with Gasteiger partial charge in [-0.05, 0) is 35.9 Å². The van der Waals surface area contributed by atoms with E-state index in [1.54, 1.807) is 37.8 Å². The molecule has 2 aromatic heterocycles. The second-order valence-electron chi connectivity index (χ2n) is 5.54. The summed E-state index contributed by atoms with van der Waals surface area (Å²) in [5, 5.41) is 0. The number of carbonyl (C=O) groups excluding carboxylic acids is 1. The summed E-state index contributed by atoms with van der Waals surface area (Å²) in [6.45, 7) is 0.232. The number of methoxy groups -OCH3 is 2. The summed E-state index contributed by atoms with van der Waals surface area (Å²) in [6, 6.07) is 9.02. The van der Waals surface area contributed by atoms with Crippen LogP contribution in [0.5, 0.6) is 11.5 Å². The maximum absolute atomic E-state index is 11.2. The van der Waals surface area contributed by atoms with Gasteiger partial charge in [-0.2, -0.15) is 0 Å². The van der Waals surface area contributed by atoms with Gasteiger partial charge in [-0.1, -0.05) is 6.07 Å². The first-order valence-corrected chi connectivity index (χ1v) is 8.20. The maximum Gasteiger partial charge on any atom is 0.330 e. The third-order valence-corrected chi connectivity index (χ3v) is 3.68. The fourth-order valence-corrected chi connectivity index (χ4v) is 2.35. The summed E-state index contributed by atoms with van der Waals surface area (Å²) in [6.07, 6.45) is 6.62. The number of nitrogens with zero attached hydrogens (tertiary/aromatic N) is 1. The average molecular weight is 369 g/mol. The van der Waals surface area contributed by atoms with Gasteiger partial charge in [-0.25, -0.2) is 9.78 Å². The van der Waals surface area contributed by atoms with Gasteiger partial charge in [-0.3, -0.25) is 0 Å². The van der Waals surface area contributed by atoms with Gasteiger partial charge in [0.05, 0.1) is 26.9 Å². The summed E-state index contributed by atoms with van der Waals surface area (Å²) < 4.78 is 26.4.